The molecule has 0 atom stereocenters. The van der Waals surface area contributed by atoms with E-state index in [2.05, 4.69) is 9.78 Å². The van der Waals surface area contributed by atoms with E-state index in [0.717, 1.165) is 0 Å². The van der Waals surface area contributed by atoms with Crippen molar-refractivity contribution >= 4 is 5.97 Å². The molecule has 0 bridgehead atoms. The van der Waals surface area contributed by atoms with Crippen LogP contribution in [0.1, 0.15) is 6.92 Å². The van der Waals surface area contributed by atoms with E-state index in [0.29, 0.717) is 0 Å². The zero-order chi connectivity index (χ0) is 4.99. The van der Waals surface area contributed by atoms with E-state index in [9.17, 15) is 4.79 Å². The Kier molecular flexibility index (Phi) is 8.75. The van der Waals surface area contributed by atoms with Gasteiger partial charge in [0.15, 0.2) is 0 Å². The average Bonchev–Trinajstić information content (AvgIpc) is 1.35. The third kappa shape index (κ3) is 10.7. The Morgan fingerprint density at radius 3 is 2.00 bits per heavy atom. The number of carbonyl (C=O) groups excluding carboxylic acids is 1. The molecule has 4 heteroatoms. The van der Waals surface area contributed by atoms with Gasteiger partial charge in [-0.15, -0.1) is 0 Å². The summed E-state index contributed by atoms with van der Waals surface area (Å²) in [6.45, 7) is 1.27. The molecule has 0 fully saturated rings. The number of hydrogen-bond acceptors (Lipinski definition) is 3. The fourth-order valence-electron chi connectivity index (χ4n) is 0.117. The fraction of sp³-hybridized carbons (Fsp3) is 0.667. The minimum Gasteiger partial charge on any atom is -0.299 e. The molecule has 0 heterocycles. The first-order valence-electron chi connectivity index (χ1n) is 1.48. The van der Waals surface area contributed by atoms with Gasteiger partial charge < -0.3 is 0 Å². The van der Waals surface area contributed by atoms with E-state index in [1.807, 2.05) is 0 Å². The SMILES string of the molecule is COOC(C)=O.[Zn]. The van der Waals surface area contributed by atoms with Crippen molar-refractivity contribution in [1.82, 2.24) is 0 Å². The van der Waals surface area contributed by atoms with Crippen molar-refractivity contribution < 1.29 is 34.0 Å². The van der Waals surface area contributed by atoms with E-state index in [4.69, 9.17) is 0 Å². The summed E-state index contributed by atoms with van der Waals surface area (Å²) in [6.07, 6.45) is 0. The van der Waals surface area contributed by atoms with Crippen LogP contribution in [0.25, 0.3) is 0 Å². The van der Waals surface area contributed by atoms with Gasteiger partial charge >= 0.3 is 5.97 Å². The van der Waals surface area contributed by atoms with Crippen LogP contribution < -0.4 is 0 Å². The third-order valence-corrected chi connectivity index (χ3v) is 0.201. The van der Waals surface area contributed by atoms with Crippen molar-refractivity contribution in [3.63, 3.8) is 0 Å². The molecule has 0 rings (SSSR count). The minimum absolute atomic E-state index is 0. The summed E-state index contributed by atoms with van der Waals surface area (Å²) in [5, 5.41) is 0. The van der Waals surface area contributed by atoms with Gasteiger partial charge in [0.1, 0.15) is 0 Å². The van der Waals surface area contributed by atoms with E-state index in [1.165, 1.54) is 14.0 Å². The molecule has 0 aromatic rings. The van der Waals surface area contributed by atoms with Crippen LogP contribution >= 0.6 is 0 Å². The predicted octanol–water partition coefficient (Wildman–Crippen LogP) is 0.108. The van der Waals surface area contributed by atoms with E-state index < -0.39 is 5.97 Å². The molecular formula is C3H6O3Zn. The Morgan fingerprint density at radius 2 is 2.00 bits per heavy atom. The van der Waals surface area contributed by atoms with E-state index in [-0.39, 0.29) is 19.5 Å². The molecule has 38 valence electrons. The molecule has 0 spiro atoms. The van der Waals surface area contributed by atoms with Gasteiger partial charge in [-0.2, -0.15) is 4.89 Å². The Bertz CT molecular complexity index is 54.1. The van der Waals surface area contributed by atoms with Crippen LogP contribution in [0, 0.1) is 0 Å². The van der Waals surface area contributed by atoms with Crippen molar-refractivity contribution in [3.05, 3.63) is 0 Å². The molecular weight excluding hydrogens is 149 g/mol. The molecule has 0 radical (unpaired) electrons. The molecule has 0 amide bonds. The van der Waals surface area contributed by atoms with Crippen LogP contribution in [0.15, 0.2) is 0 Å². The van der Waals surface area contributed by atoms with Gasteiger partial charge in [-0.3, -0.25) is 4.89 Å². The normalized spacial score (nSPS) is 6.57. The van der Waals surface area contributed by atoms with Crippen molar-refractivity contribution in [2.45, 2.75) is 6.92 Å². The van der Waals surface area contributed by atoms with E-state index >= 15 is 0 Å². The summed E-state index contributed by atoms with van der Waals surface area (Å²) in [6, 6.07) is 0. The topological polar surface area (TPSA) is 35.5 Å². The molecule has 0 aliphatic rings. The molecule has 0 aliphatic carbocycles. The van der Waals surface area contributed by atoms with Gasteiger partial charge in [-0.1, -0.05) is 0 Å². The quantitative estimate of drug-likeness (QED) is 0.306. The molecule has 0 N–H and O–H groups in total. The molecule has 7 heavy (non-hydrogen) atoms. The van der Waals surface area contributed by atoms with Gasteiger partial charge in [0.2, 0.25) is 0 Å². The summed E-state index contributed by atoms with van der Waals surface area (Å²) in [5.74, 6) is -0.433. The number of hydrogen-bond donors (Lipinski definition) is 0. The predicted molar refractivity (Wildman–Crippen MR) is 18.8 cm³/mol. The molecule has 0 aromatic heterocycles. The zero-order valence-corrected chi connectivity index (χ0v) is 7.40. The van der Waals surface area contributed by atoms with E-state index in [1.54, 1.807) is 0 Å². The molecule has 0 saturated carbocycles. The minimum atomic E-state index is -0.433. The van der Waals surface area contributed by atoms with Crippen LogP contribution in [0.2, 0.25) is 0 Å². The first-order valence-corrected chi connectivity index (χ1v) is 1.48. The second-order valence-corrected chi connectivity index (χ2v) is 0.742. The maximum Gasteiger partial charge on any atom is 0.339 e. The van der Waals surface area contributed by atoms with Gasteiger partial charge in [0, 0.05) is 26.4 Å². The van der Waals surface area contributed by atoms with Gasteiger partial charge in [-0.05, 0) is 0 Å². The molecule has 3 nitrogen and oxygen atoms in total. The van der Waals surface area contributed by atoms with Crippen LogP contribution in [-0.4, -0.2) is 13.1 Å². The monoisotopic (exact) mass is 154 g/mol. The van der Waals surface area contributed by atoms with Crippen LogP contribution in [0.3, 0.4) is 0 Å². The summed E-state index contributed by atoms with van der Waals surface area (Å²) in [7, 11) is 1.28. The zero-order valence-electron chi connectivity index (χ0n) is 4.43. The first-order chi connectivity index (χ1) is 2.77. The Balaban J connectivity index is 0. The summed E-state index contributed by atoms with van der Waals surface area (Å²) < 4.78 is 0. The standard InChI is InChI=1S/C3H6O3.Zn/c1-3(4)6-5-2;/h1-2H3;. The maximum absolute atomic E-state index is 9.70. The largest absolute Gasteiger partial charge is 0.339 e. The summed E-state index contributed by atoms with van der Waals surface area (Å²) >= 11 is 0. The number of rotatable bonds is 1. The van der Waals surface area contributed by atoms with Crippen molar-refractivity contribution in [3.8, 4) is 0 Å². The third-order valence-electron chi connectivity index (χ3n) is 0.201. The second kappa shape index (κ2) is 6.05. The first kappa shape index (κ1) is 10.1. The molecule has 0 aliphatic heterocycles. The Labute approximate surface area is 54.7 Å². The van der Waals surface area contributed by atoms with Gasteiger partial charge in [0.25, 0.3) is 0 Å². The van der Waals surface area contributed by atoms with Crippen LogP contribution in [0.4, 0.5) is 0 Å². The summed E-state index contributed by atoms with van der Waals surface area (Å²) in [4.78, 5) is 17.6. The second-order valence-electron chi connectivity index (χ2n) is 0.742. The Hall–Kier alpha value is 0.0534. The van der Waals surface area contributed by atoms with Gasteiger partial charge in [-0.25, -0.2) is 4.79 Å². The maximum atomic E-state index is 9.70. The van der Waals surface area contributed by atoms with Gasteiger partial charge in [0.05, 0.1) is 7.11 Å². The Morgan fingerprint density at radius 1 is 1.57 bits per heavy atom. The summed E-state index contributed by atoms with van der Waals surface area (Å²) in [5.41, 5.74) is 0. The molecule has 0 saturated heterocycles. The fourth-order valence-corrected chi connectivity index (χ4v) is 0.117. The molecule has 0 unspecified atom stereocenters. The van der Waals surface area contributed by atoms with Crippen molar-refractivity contribution in [2.75, 3.05) is 7.11 Å². The molecule has 0 aromatic carbocycles. The van der Waals surface area contributed by atoms with Crippen LogP contribution in [0.5, 0.6) is 0 Å². The average molecular weight is 155 g/mol. The van der Waals surface area contributed by atoms with Crippen molar-refractivity contribution in [1.29, 1.82) is 0 Å². The van der Waals surface area contributed by atoms with Crippen molar-refractivity contribution in [2.24, 2.45) is 0 Å². The van der Waals surface area contributed by atoms with Crippen LogP contribution in [-0.2, 0) is 34.0 Å². The smallest absolute Gasteiger partial charge is 0.299 e. The number of carbonyl (C=O) groups is 1.